The van der Waals surface area contributed by atoms with Gasteiger partial charge in [0.05, 0.1) is 5.69 Å². The van der Waals surface area contributed by atoms with E-state index in [0.717, 1.165) is 29.9 Å². The van der Waals surface area contributed by atoms with E-state index in [0.29, 0.717) is 17.9 Å². The number of nitrogens with two attached hydrogens (primary N) is 1. The molecule has 0 fully saturated rings. The lowest BCUT2D eigenvalue weighted by Crippen LogP contribution is -2.32. The molecule has 5 heteroatoms. The van der Waals surface area contributed by atoms with E-state index >= 15 is 0 Å². The third-order valence-electron chi connectivity index (χ3n) is 4.15. The Balaban J connectivity index is 2.01. The number of aryl methyl sites for hydroxylation is 1. The maximum absolute atomic E-state index is 9.43. The van der Waals surface area contributed by atoms with E-state index in [9.17, 15) is 5.26 Å². The molecule has 0 aliphatic carbocycles. The molecule has 0 atom stereocenters. The van der Waals surface area contributed by atoms with E-state index in [1.807, 2.05) is 26.0 Å². The lowest BCUT2D eigenvalue weighted by atomic mass is 9.97. The molecule has 2 N–H and O–H groups in total. The van der Waals surface area contributed by atoms with Crippen LogP contribution in [0.25, 0.3) is 0 Å². The number of hydrogen-bond acceptors (Lipinski definition) is 5. The van der Waals surface area contributed by atoms with Crippen LogP contribution in [0.5, 0.6) is 0 Å². The van der Waals surface area contributed by atoms with Gasteiger partial charge in [0.15, 0.2) is 5.82 Å². The van der Waals surface area contributed by atoms with Crippen molar-refractivity contribution in [1.29, 1.82) is 5.26 Å². The third-order valence-corrected chi connectivity index (χ3v) is 4.15. The second-order valence-corrected chi connectivity index (χ2v) is 5.38. The summed E-state index contributed by atoms with van der Waals surface area (Å²) < 4.78 is 0. The van der Waals surface area contributed by atoms with Gasteiger partial charge in [0.25, 0.3) is 0 Å². The molecular weight excluding hydrogens is 262 g/mol. The van der Waals surface area contributed by atoms with Crippen LogP contribution in [0.2, 0.25) is 0 Å². The summed E-state index contributed by atoms with van der Waals surface area (Å²) in [5.41, 5.74) is 11.6. The maximum Gasteiger partial charge on any atom is 0.169 e. The Morgan fingerprint density at radius 2 is 2.10 bits per heavy atom. The van der Waals surface area contributed by atoms with Crippen LogP contribution in [-0.4, -0.2) is 16.7 Å². The molecule has 0 saturated heterocycles. The Labute approximate surface area is 124 Å². The zero-order chi connectivity index (χ0) is 15.0. The van der Waals surface area contributed by atoms with Crippen LogP contribution in [-0.2, 0) is 13.0 Å². The van der Waals surface area contributed by atoms with Crippen molar-refractivity contribution in [3.63, 3.8) is 0 Å². The van der Waals surface area contributed by atoms with Gasteiger partial charge in [-0.05, 0) is 43.0 Å². The Kier molecular flexibility index (Phi) is 3.22. The normalized spacial score (nSPS) is 13.7. The molecule has 3 rings (SSSR count). The van der Waals surface area contributed by atoms with Crippen LogP contribution < -0.4 is 10.6 Å². The highest BCUT2D eigenvalue weighted by atomic mass is 15.3. The van der Waals surface area contributed by atoms with E-state index in [2.05, 4.69) is 27.2 Å². The Morgan fingerprint density at radius 1 is 1.29 bits per heavy atom. The first-order chi connectivity index (χ1) is 10.1. The molecule has 2 aromatic rings. The predicted molar refractivity (Wildman–Crippen MR) is 81.8 cm³/mol. The highest BCUT2D eigenvalue weighted by molar-refractivity contribution is 5.60. The van der Waals surface area contributed by atoms with Crippen LogP contribution in [0.1, 0.15) is 27.9 Å². The summed E-state index contributed by atoms with van der Waals surface area (Å²) in [6.45, 7) is 5.31. The first-order valence-corrected chi connectivity index (χ1v) is 6.97. The average Bonchev–Trinajstić information content (AvgIpc) is 2.50. The summed E-state index contributed by atoms with van der Waals surface area (Å²) in [5, 5.41) is 17.8. The van der Waals surface area contributed by atoms with Gasteiger partial charge in [0.1, 0.15) is 11.6 Å². The third kappa shape index (κ3) is 2.19. The Bertz CT molecular complexity index is 745. The van der Waals surface area contributed by atoms with Crippen molar-refractivity contribution in [3.05, 3.63) is 46.1 Å². The molecule has 21 heavy (non-hydrogen) atoms. The van der Waals surface area contributed by atoms with Crippen molar-refractivity contribution in [2.24, 2.45) is 0 Å². The number of aromatic nitrogens is 2. The van der Waals surface area contributed by atoms with E-state index in [-0.39, 0.29) is 0 Å². The number of nitriles is 1. The van der Waals surface area contributed by atoms with Gasteiger partial charge >= 0.3 is 0 Å². The fourth-order valence-corrected chi connectivity index (χ4v) is 2.77. The number of nitrogens with zero attached hydrogens (tertiary/aromatic N) is 4. The number of benzene rings is 1. The lowest BCUT2D eigenvalue weighted by molar-refractivity contribution is 0.710. The highest BCUT2D eigenvalue weighted by Crippen LogP contribution is 2.29. The monoisotopic (exact) mass is 279 g/mol. The van der Waals surface area contributed by atoms with Gasteiger partial charge in [0.2, 0.25) is 0 Å². The lowest BCUT2D eigenvalue weighted by Gasteiger charge is -2.31. The van der Waals surface area contributed by atoms with Gasteiger partial charge in [-0.25, -0.2) is 0 Å². The molecule has 0 saturated carbocycles. The number of rotatable bonds is 1. The molecule has 106 valence electrons. The molecular formula is C16H17N5. The molecule has 1 aromatic carbocycles. The van der Waals surface area contributed by atoms with Gasteiger partial charge in [-0.15, -0.1) is 5.10 Å². The van der Waals surface area contributed by atoms with Crippen molar-refractivity contribution < 1.29 is 0 Å². The molecule has 2 heterocycles. The maximum atomic E-state index is 9.43. The quantitative estimate of drug-likeness (QED) is 0.809. The van der Waals surface area contributed by atoms with Gasteiger partial charge in [-0.1, -0.05) is 12.1 Å². The molecule has 0 amide bonds. The SMILES string of the molecule is Cc1nnc(N2CCc3c(N)cccc3C2)c(C#N)c1C. The second kappa shape index (κ2) is 5.06. The largest absolute Gasteiger partial charge is 0.398 e. The zero-order valence-corrected chi connectivity index (χ0v) is 12.2. The minimum absolute atomic E-state index is 0.620. The van der Waals surface area contributed by atoms with Crippen LogP contribution in [0.4, 0.5) is 11.5 Å². The van der Waals surface area contributed by atoms with Crippen LogP contribution in [0, 0.1) is 25.2 Å². The highest BCUT2D eigenvalue weighted by Gasteiger charge is 2.23. The first-order valence-electron chi connectivity index (χ1n) is 6.97. The number of fused-ring (bicyclic) bond motifs is 1. The topological polar surface area (TPSA) is 78.8 Å². The zero-order valence-electron chi connectivity index (χ0n) is 12.2. The summed E-state index contributed by atoms with van der Waals surface area (Å²) in [7, 11) is 0. The summed E-state index contributed by atoms with van der Waals surface area (Å²) in [6.07, 6.45) is 0.863. The van der Waals surface area contributed by atoms with Crippen LogP contribution in [0.3, 0.4) is 0 Å². The molecule has 0 bridgehead atoms. The fraction of sp³-hybridized carbons (Fsp3) is 0.312. The molecule has 1 aliphatic heterocycles. The number of hydrogen-bond donors (Lipinski definition) is 1. The molecule has 1 aliphatic rings. The Morgan fingerprint density at radius 3 is 2.86 bits per heavy atom. The van der Waals surface area contributed by atoms with E-state index in [1.165, 1.54) is 11.1 Å². The van der Waals surface area contributed by atoms with Gasteiger partial charge < -0.3 is 10.6 Å². The summed E-state index contributed by atoms with van der Waals surface area (Å²) in [5.74, 6) is 0.675. The minimum atomic E-state index is 0.620. The standard InChI is InChI=1S/C16H17N5/c1-10-11(2)19-20-16(14(10)8-17)21-7-6-13-12(9-21)4-3-5-15(13)18/h3-5H,6-7,9,18H2,1-2H3. The number of nitrogen functional groups attached to an aromatic ring is 1. The summed E-state index contributed by atoms with van der Waals surface area (Å²) in [4.78, 5) is 2.11. The second-order valence-electron chi connectivity index (χ2n) is 5.38. The average molecular weight is 279 g/mol. The smallest absolute Gasteiger partial charge is 0.169 e. The number of anilines is 2. The van der Waals surface area contributed by atoms with E-state index in [4.69, 9.17) is 5.73 Å². The molecule has 1 aromatic heterocycles. The fourth-order valence-electron chi connectivity index (χ4n) is 2.77. The molecule has 0 radical (unpaired) electrons. The van der Waals surface area contributed by atoms with Gasteiger partial charge in [0, 0.05) is 18.8 Å². The summed E-state index contributed by atoms with van der Waals surface area (Å²) in [6, 6.07) is 8.25. The van der Waals surface area contributed by atoms with Crippen molar-refractivity contribution in [3.8, 4) is 6.07 Å². The van der Waals surface area contributed by atoms with Gasteiger partial charge in [-0.2, -0.15) is 10.4 Å². The predicted octanol–water partition coefficient (Wildman–Crippen LogP) is 2.11. The van der Waals surface area contributed by atoms with Crippen molar-refractivity contribution in [2.75, 3.05) is 17.2 Å². The van der Waals surface area contributed by atoms with Crippen LogP contribution in [0.15, 0.2) is 18.2 Å². The first kappa shape index (κ1) is 13.4. The van der Waals surface area contributed by atoms with Crippen molar-refractivity contribution in [1.82, 2.24) is 10.2 Å². The minimum Gasteiger partial charge on any atom is -0.398 e. The molecule has 5 nitrogen and oxygen atoms in total. The van der Waals surface area contributed by atoms with Gasteiger partial charge in [-0.3, -0.25) is 0 Å². The molecule has 0 unspecified atom stereocenters. The summed E-state index contributed by atoms with van der Waals surface area (Å²) >= 11 is 0. The van der Waals surface area contributed by atoms with Crippen LogP contribution >= 0.6 is 0 Å². The Hall–Kier alpha value is -2.61. The van der Waals surface area contributed by atoms with Crippen molar-refractivity contribution in [2.45, 2.75) is 26.8 Å². The van der Waals surface area contributed by atoms with E-state index in [1.54, 1.807) is 0 Å². The van der Waals surface area contributed by atoms with Crippen molar-refractivity contribution >= 4 is 11.5 Å². The van der Waals surface area contributed by atoms with E-state index < -0.39 is 0 Å². The molecule has 0 spiro atoms.